The summed E-state index contributed by atoms with van der Waals surface area (Å²) in [4.78, 5) is 1.60. The predicted octanol–water partition coefficient (Wildman–Crippen LogP) is 0.966. The van der Waals surface area contributed by atoms with E-state index in [-0.39, 0.29) is 11.3 Å². The summed E-state index contributed by atoms with van der Waals surface area (Å²) in [5.74, 6) is -3.46. The van der Waals surface area contributed by atoms with Gasteiger partial charge in [0.15, 0.2) is 0 Å². The van der Waals surface area contributed by atoms with Crippen LogP contribution >= 0.6 is 0 Å². The van der Waals surface area contributed by atoms with Gasteiger partial charge in [-0.05, 0) is 6.07 Å². The number of nitrogens with zero attached hydrogens (tertiary/aromatic N) is 1. The van der Waals surface area contributed by atoms with Gasteiger partial charge in [-0.15, -0.1) is 0 Å². The van der Waals surface area contributed by atoms with Crippen LogP contribution in [-0.4, -0.2) is 53.8 Å². The first-order valence-electron chi connectivity index (χ1n) is 6.27. The summed E-state index contributed by atoms with van der Waals surface area (Å²) < 4.78 is 28.1. The molecule has 1 saturated heterocycles. The van der Waals surface area contributed by atoms with E-state index in [1.807, 2.05) is 0 Å². The molecular weight excluding hydrogens is 254 g/mol. The van der Waals surface area contributed by atoms with Gasteiger partial charge in [-0.3, -0.25) is 4.90 Å². The van der Waals surface area contributed by atoms with Crippen LogP contribution in [0.3, 0.4) is 0 Å². The zero-order valence-electron chi connectivity index (χ0n) is 10.5. The summed E-state index contributed by atoms with van der Waals surface area (Å²) >= 11 is 0. The molecule has 1 fully saturated rings. The van der Waals surface area contributed by atoms with Gasteiger partial charge in [-0.25, -0.2) is 8.78 Å². The number of phenolic OH excluding ortho intramolecular Hbond substituents is 1. The average Bonchev–Trinajstić information content (AvgIpc) is 2.42. The second kappa shape index (κ2) is 5.81. The van der Waals surface area contributed by atoms with E-state index in [1.165, 1.54) is 12.1 Å². The van der Waals surface area contributed by atoms with Gasteiger partial charge in [0.05, 0.1) is 0 Å². The van der Waals surface area contributed by atoms with Gasteiger partial charge < -0.3 is 15.5 Å². The van der Waals surface area contributed by atoms with Crippen molar-refractivity contribution in [3.63, 3.8) is 0 Å². The van der Waals surface area contributed by atoms with E-state index in [1.54, 1.807) is 17.0 Å². The Bertz CT molecular complexity index is 423. The Balaban J connectivity index is 2.36. The molecule has 1 aliphatic rings. The third kappa shape index (κ3) is 3.02. The van der Waals surface area contributed by atoms with Gasteiger partial charge >= 0.3 is 0 Å². The number of aliphatic hydroxyl groups excluding tert-OH is 1. The lowest BCUT2D eigenvalue weighted by atomic mass is 9.97. The molecule has 19 heavy (non-hydrogen) atoms. The van der Waals surface area contributed by atoms with Crippen LogP contribution in [0.4, 0.5) is 8.78 Å². The van der Waals surface area contributed by atoms with Crippen LogP contribution in [0.5, 0.6) is 5.75 Å². The fraction of sp³-hybridized carbons (Fsp3) is 0.538. The molecule has 1 aromatic rings. The van der Waals surface area contributed by atoms with E-state index in [0.29, 0.717) is 26.2 Å². The highest BCUT2D eigenvalue weighted by atomic mass is 19.3. The van der Waals surface area contributed by atoms with E-state index in [4.69, 9.17) is 5.11 Å². The van der Waals surface area contributed by atoms with Crippen molar-refractivity contribution in [2.24, 2.45) is 0 Å². The van der Waals surface area contributed by atoms with E-state index in [2.05, 4.69) is 5.32 Å². The molecule has 106 valence electrons. The summed E-state index contributed by atoms with van der Waals surface area (Å²) in [5.41, 5.74) is 0.156. The normalized spacial score (nSPS) is 19.3. The molecule has 1 atom stereocenters. The van der Waals surface area contributed by atoms with Gasteiger partial charge in [0.2, 0.25) is 0 Å². The fourth-order valence-corrected chi connectivity index (χ4v) is 2.44. The van der Waals surface area contributed by atoms with Crippen molar-refractivity contribution in [3.05, 3.63) is 29.8 Å². The predicted molar refractivity (Wildman–Crippen MR) is 67.3 cm³/mol. The van der Waals surface area contributed by atoms with E-state index >= 15 is 0 Å². The molecule has 6 heteroatoms. The molecule has 0 unspecified atom stereocenters. The Hall–Kier alpha value is -1.24. The van der Waals surface area contributed by atoms with Crippen molar-refractivity contribution in [1.29, 1.82) is 0 Å². The zero-order chi connectivity index (χ0) is 13.9. The number of nitrogens with one attached hydrogen (secondary N) is 1. The number of hydrogen-bond acceptors (Lipinski definition) is 4. The minimum Gasteiger partial charge on any atom is -0.508 e. The molecule has 0 saturated carbocycles. The molecule has 0 aliphatic carbocycles. The number of aliphatic hydroxyl groups is 1. The molecular formula is C13H18F2N2O2. The van der Waals surface area contributed by atoms with Gasteiger partial charge in [0.1, 0.15) is 18.4 Å². The minimum atomic E-state index is -3.30. The van der Waals surface area contributed by atoms with Crippen LogP contribution in [0.2, 0.25) is 0 Å². The second-order valence-corrected chi connectivity index (χ2v) is 4.67. The highest BCUT2D eigenvalue weighted by Gasteiger charge is 2.45. The highest BCUT2D eigenvalue weighted by Crippen LogP contribution is 2.39. The SMILES string of the molecule is OCC(F)(F)[C@H](c1ccccc1O)N1CCNCC1. The quantitative estimate of drug-likeness (QED) is 0.764. The van der Waals surface area contributed by atoms with Crippen molar-refractivity contribution in [2.75, 3.05) is 32.8 Å². The number of para-hydroxylation sites is 1. The molecule has 0 bridgehead atoms. The third-order valence-corrected chi connectivity index (χ3v) is 3.36. The van der Waals surface area contributed by atoms with Crippen molar-refractivity contribution in [2.45, 2.75) is 12.0 Å². The largest absolute Gasteiger partial charge is 0.508 e. The molecule has 0 aromatic heterocycles. The lowest BCUT2D eigenvalue weighted by Crippen LogP contribution is -2.51. The number of hydrogen-bond donors (Lipinski definition) is 3. The highest BCUT2D eigenvalue weighted by molar-refractivity contribution is 5.36. The van der Waals surface area contributed by atoms with E-state index in [9.17, 15) is 13.9 Å². The van der Waals surface area contributed by atoms with E-state index in [0.717, 1.165) is 0 Å². The van der Waals surface area contributed by atoms with E-state index < -0.39 is 18.6 Å². The van der Waals surface area contributed by atoms with Crippen molar-refractivity contribution in [1.82, 2.24) is 10.2 Å². The summed E-state index contributed by atoms with van der Waals surface area (Å²) in [5, 5.41) is 21.9. The van der Waals surface area contributed by atoms with Crippen LogP contribution in [0, 0.1) is 0 Å². The average molecular weight is 272 g/mol. The molecule has 0 amide bonds. The van der Waals surface area contributed by atoms with Gasteiger partial charge in [-0.1, -0.05) is 18.2 Å². The smallest absolute Gasteiger partial charge is 0.290 e. The summed E-state index contributed by atoms with van der Waals surface area (Å²) in [6, 6.07) is 4.76. The van der Waals surface area contributed by atoms with Crippen molar-refractivity contribution in [3.8, 4) is 5.75 Å². The summed E-state index contributed by atoms with van der Waals surface area (Å²) in [6.07, 6.45) is 0. The number of rotatable bonds is 4. The topological polar surface area (TPSA) is 55.7 Å². The second-order valence-electron chi connectivity index (χ2n) is 4.67. The molecule has 0 spiro atoms. The number of phenols is 1. The first kappa shape index (κ1) is 14.2. The number of aromatic hydroxyl groups is 1. The zero-order valence-corrected chi connectivity index (χ0v) is 10.5. The molecule has 0 radical (unpaired) electrons. The number of alkyl halides is 2. The van der Waals surface area contributed by atoms with Gasteiger partial charge in [-0.2, -0.15) is 0 Å². The molecule has 1 heterocycles. The fourth-order valence-electron chi connectivity index (χ4n) is 2.44. The van der Waals surface area contributed by atoms with Crippen LogP contribution in [-0.2, 0) is 0 Å². The lowest BCUT2D eigenvalue weighted by Gasteiger charge is -2.38. The van der Waals surface area contributed by atoms with Crippen molar-refractivity contribution < 1.29 is 19.0 Å². The molecule has 1 aliphatic heterocycles. The monoisotopic (exact) mass is 272 g/mol. The first-order valence-corrected chi connectivity index (χ1v) is 6.27. The lowest BCUT2D eigenvalue weighted by molar-refractivity contribution is -0.119. The summed E-state index contributed by atoms with van der Waals surface area (Å²) in [7, 11) is 0. The molecule has 2 rings (SSSR count). The maximum Gasteiger partial charge on any atom is 0.290 e. The Kier molecular flexibility index (Phi) is 4.34. The molecule has 1 aromatic carbocycles. The first-order chi connectivity index (χ1) is 9.06. The Morgan fingerprint density at radius 3 is 2.47 bits per heavy atom. The van der Waals surface area contributed by atoms with Gasteiger partial charge in [0.25, 0.3) is 5.92 Å². The maximum absolute atomic E-state index is 14.0. The Labute approximate surface area is 110 Å². The minimum absolute atomic E-state index is 0.156. The standard InChI is InChI=1S/C13H18F2N2O2/c14-13(15,9-18)12(17-7-5-16-6-8-17)10-3-1-2-4-11(10)19/h1-4,12,16,18-19H,5-9H2/t12-/m0/s1. The van der Waals surface area contributed by atoms with Crippen LogP contribution in [0.25, 0.3) is 0 Å². The Morgan fingerprint density at radius 1 is 1.26 bits per heavy atom. The number of benzene rings is 1. The number of halogens is 2. The van der Waals surface area contributed by atoms with Crippen LogP contribution < -0.4 is 5.32 Å². The van der Waals surface area contributed by atoms with Gasteiger partial charge in [0, 0.05) is 31.7 Å². The van der Waals surface area contributed by atoms with Crippen LogP contribution in [0.15, 0.2) is 24.3 Å². The van der Waals surface area contributed by atoms with Crippen LogP contribution in [0.1, 0.15) is 11.6 Å². The molecule has 3 N–H and O–H groups in total. The number of piperazine rings is 1. The molecule has 4 nitrogen and oxygen atoms in total. The Morgan fingerprint density at radius 2 is 1.89 bits per heavy atom. The maximum atomic E-state index is 14.0. The summed E-state index contributed by atoms with van der Waals surface area (Å²) in [6.45, 7) is 0.899. The third-order valence-electron chi connectivity index (χ3n) is 3.36. The van der Waals surface area contributed by atoms with Crippen molar-refractivity contribution >= 4 is 0 Å².